The predicted molar refractivity (Wildman–Crippen MR) is 45.5 cm³/mol. The lowest BCUT2D eigenvalue weighted by Crippen LogP contribution is -1.79. The highest BCUT2D eigenvalue weighted by Crippen LogP contribution is 2.17. The van der Waals surface area contributed by atoms with Crippen molar-refractivity contribution in [2.24, 2.45) is 0 Å². The first-order valence-corrected chi connectivity index (χ1v) is 3.65. The molecule has 0 spiro atoms. The van der Waals surface area contributed by atoms with Gasteiger partial charge in [-0.3, -0.25) is 4.98 Å². The number of rotatable bonds is 0. The summed E-state index contributed by atoms with van der Waals surface area (Å²) in [6.07, 6.45) is 3.40. The minimum Gasteiger partial charge on any atom is -0.358 e. The number of nitrogens with zero attached hydrogens (tertiary/aromatic N) is 2. The standard InChI is InChI=1S/C9H7N3/c1-6-2-3-11-9-7(4-10)5-12-8(6)9/h2-3,5,12H,1H3. The summed E-state index contributed by atoms with van der Waals surface area (Å²) in [4.78, 5) is 7.14. The van der Waals surface area contributed by atoms with E-state index in [1.54, 1.807) is 12.4 Å². The molecule has 2 heterocycles. The average molecular weight is 157 g/mol. The zero-order chi connectivity index (χ0) is 8.55. The second kappa shape index (κ2) is 2.35. The smallest absolute Gasteiger partial charge is 0.106 e. The van der Waals surface area contributed by atoms with E-state index in [1.165, 1.54) is 0 Å². The van der Waals surface area contributed by atoms with Gasteiger partial charge in [0, 0.05) is 12.4 Å². The Balaban J connectivity index is 2.91. The third-order valence-corrected chi connectivity index (χ3v) is 1.90. The lowest BCUT2D eigenvalue weighted by Gasteiger charge is -1.92. The van der Waals surface area contributed by atoms with Crippen LogP contribution in [0.15, 0.2) is 18.5 Å². The van der Waals surface area contributed by atoms with Gasteiger partial charge in [0.05, 0.1) is 11.1 Å². The van der Waals surface area contributed by atoms with Gasteiger partial charge in [-0.25, -0.2) is 0 Å². The number of nitrogens with one attached hydrogen (secondary N) is 1. The van der Waals surface area contributed by atoms with E-state index in [1.807, 2.05) is 13.0 Å². The molecule has 0 atom stereocenters. The number of aromatic amines is 1. The molecule has 0 amide bonds. The topological polar surface area (TPSA) is 52.5 Å². The van der Waals surface area contributed by atoms with Crippen LogP contribution in [0.1, 0.15) is 11.1 Å². The fraction of sp³-hybridized carbons (Fsp3) is 0.111. The molecule has 0 aliphatic heterocycles. The van der Waals surface area contributed by atoms with Crippen molar-refractivity contribution < 1.29 is 0 Å². The zero-order valence-electron chi connectivity index (χ0n) is 6.63. The van der Waals surface area contributed by atoms with Gasteiger partial charge < -0.3 is 4.98 Å². The first-order valence-electron chi connectivity index (χ1n) is 3.65. The van der Waals surface area contributed by atoms with E-state index in [-0.39, 0.29) is 0 Å². The molecular formula is C9H7N3. The van der Waals surface area contributed by atoms with Crippen LogP contribution in [0.2, 0.25) is 0 Å². The monoisotopic (exact) mass is 157 g/mol. The Morgan fingerprint density at radius 2 is 2.42 bits per heavy atom. The van der Waals surface area contributed by atoms with Crippen LogP contribution in [-0.4, -0.2) is 9.97 Å². The normalized spacial score (nSPS) is 10.0. The molecule has 12 heavy (non-hydrogen) atoms. The Labute approximate surface area is 69.7 Å². The summed E-state index contributed by atoms with van der Waals surface area (Å²) in [5.41, 5.74) is 3.43. The summed E-state index contributed by atoms with van der Waals surface area (Å²) in [6.45, 7) is 1.99. The number of pyridine rings is 1. The maximum atomic E-state index is 8.71. The van der Waals surface area contributed by atoms with E-state index in [0.717, 1.165) is 16.6 Å². The molecule has 0 aliphatic rings. The van der Waals surface area contributed by atoms with Crippen molar-refractivity contribution in [2.75, 3.05) is 0 Å². The summed E-state index contributed by atoms with van der Waals surface area (Å²) in [5, 5.41) is 8.71. The van der Waals surface area contributed by atoms with Crippen LogP contribution in [0.5, 0.6) is 0 Å². The van der Waals surface area contributed by atoms with Crippen LogP contribution in [-0.2, 0) is 0 Å². The lowest BCUT2D eigenvalue weighted by molar-refractivity contribution is 1.35. The minimum absolute atomic E-state index is 0.605. The fourth-order valence-corrected chi connectivity index (χ4v) is 1.24. The van der Waals surface area contributed by atoms with E-state index in [9.17, 15) is 0 Å². The Morgan fingerprint density at radius 1 is 1.58 bits per heavy atom. The quantitative estimate of drug-likeness (QED) is 0.633. The first kappa shape index (κ1) is 6.86. The Kier molecular flexibility index (Phi) is 1.34. The van der Waals surface area contributed by atoms with Gasteiger partial charge in [-0.1, -0.05) is 0 Å². The largest absolute Gasteiger partial charge is 0.358 e. The van der Waals surface area contributed by atoms with Crippen molar-refractivity contribution in [1.29, 1.82) is 5.26 Å². The van der Waals surface area contributed by atoms with Gasteiger partial charge in [-0.15, -0.1) is 0 Å². The van der Waals surface area contributed by atoms with E-state index in [2.05, 4.69) is 16.0 Å². The first-order chi connectivity index (χ1) is 5.83. The zero-order valence-corrected chi connectivity index (χ0v) is 6.63. The maximum absolute atomic E-state index is 8.71. The molecule has 2 aromatic heterocycles. The molecule has 0 saturated carbocycles. The number of hydrogen-bond donors (Lipinski definition) is 1. The number of H-pyrrole nitrogens is 1. The number of aryl methyl sites for hydroxylation is 1. The number of aromatic nitrogens is 2. The summed E-state index contributed by atoms with van der Waals surface area (Å²) < 4.78 is 0. The van der Waals surface area contributed by atoms with E-state index >= 15 is 0 Å². The Morgan fingerprint density at radius 3 is 3.17 bits per heavy atom. The second-order valence-corrected chi connectivity index (χ2v) is 2.67. The molecule has 3 nitrogen and oxygen atoms in total. The molecule has 0 unspecified atom stereocenters. The summed E-state index contributed by atoms with van der Waals surface area (Å²) in [6, 6.07) is 4.00. The third kappa shape index (κ3) is 0.785. The Bertz CT molecular complexity index is 462. The van der Waals surface area contributed by atoms with Gasteiger partial charge in [0.1, 0.15) is 11.6 Å². The second-order valence-electron chi connectivity index (χ2n) is 2.67. The molecule has 58 valence electrons. The van der Waals surface area contributed by atoms with Crippen LogP contribution >= 0.6 is 0 Å². The molecule has 0 fully saturated rings. The van der Waals surface area contributed by atoms with Crippen molar-refractivity contribution in [1.82, 2.24) is 9.97 Å². The van der Waals surface area contributed by atoms with Crippen LogP contribution in [0.3, 0.4) is 0 Å². The molecule has 0 radical (unpaired) electrons. The number of fused-ring (bicyclic) bond motifs is 1. The van der Waals surface area contributed by atoms with Crippen LogP contribution < -0.4 is 0 Å². The average Bonchev–Trinajstić information content (AvgIpc) is 2.49. The van der Waals surface area contributed by atoms with Gasteiger partial charge in [0.15, 0.2) is 0 Å². The predicted octanol–water partition coefficient (Wildman–Crippen LogP) is 1.74. The van der Waals surface area contributed by atoms with Gasteiger partial charge in [-0.2, -0.15) is 5.26 Å². The highest BCUT2D eigenvalue weighted by Gasteiger charge is 2.04. The van der Waals surface area contributed by atoms with Gasteiger partial charge >= 0.3 is 0 Å². The Hall–Kier alpha value is -1.82. The summed E-state index contributed by atoms with van der Waals surface area (Å²) in [7, 11) is 0. The molecule has 0 aromatic carbocycles. The third-order valence-electron chi connectivity index (χ3n) is 1.90. The highest BCUT2D eigenvalue weighted by atomic mass is 14.8. The fourth-order valence-electron chi connectivity index (χ4n) is 1.24. The molecular weight excluding hydrogens is 150 g/mol. The molecule has 0 aliphatic carbocycles. The van der Waals surface area contributed by atoms with Crippen molar-refractivity contribution in [2.45, 2.75) is 6.92 Å². The molecule has 0 bridgehead atoms. The maximum Gasteiger partial charge on any atom is 0.106 e. The number of hydrogen-bond acceptors (Lipinski definition) is 2. The molecule has 1 N–H and O–H groups in total. The minimum atomic E-state index is 0.605. The van der Waals surface area contributed by atoms with Gasteiger partial charge in [0.25, 0.3) is 0 Å². The summed E-state index contributed by atoms with van der Waals surface area (Å²) >= 11 is 0. The van der Waals surface area contributed by atoms with Crippen LogP contribution in [0.25, 0.3) is 11.0 Å². The number of nitriles is 1. The van der Waals surface area contributed by atoms with E-state index in [4.69, 9.17) is 5.26 Å². The molecule has 0 saturated heterocycles. The van der Waals surface area contributed by atoms with E-state index < -0.39 is 0 Å². The van der Waals surface area contributed by atoms with Crippen molar-refractivity contribution in [3.05, 3.63) is 29.6 Å². The summed E-state index contributed by atoms with van der Waals surface area (Å²) in [5.74, 6) is 0. The molecule has 2 rings (SSSR count). The van der Waals surface area contributed by atoms with E-state index in [0.29, 0.717) is 5.56 Å². The van der Waals surface area contributed by atoms with Crippen LogP contribution in [0, 0.1) is 18.3 Å². The molecule has 2 aromatic rings. The highest BCUT2D eigenvalue weighted by molar-refractivity contribution is 5.83. The molecule has 3 heteroatoms. The van der Waals surface area contributed by atoms with Crippen molar-refractivity contribution in [3.63, 3.8) is 0 Å². The van der Waals surface area contributed by atoms with Crippen LogP contribution in [0.4, 0.5) is 0 Å². The van der Waals surface area contributed by atoms with Crippen molar-refractivity contribution in [3.8, 4) is 6.07 Å². The van der Waals surface area contributed by atoms with Gasteiger partial charge in [-0.05, 0) is 18.6 Å². The lowest BCUT2D eigenvalue weighted by atomic mass is 10.2. The SMILES string of the molecule is Cc1ccnc2c(C#N)c[nH]c12. The van der Waals surface area contributed by atoms with Gasteiger partial charge in [0.2, 0.25) is 0 Å². The van der Waals surface area contributed by atoms with Crippen molar-refractivity contribution >= 4 is 11.0 Å².